The van der Waals surface area contributed by atoms with Gasteiger partial charge in [0, 0.05) is 12.2 Å². The molecule has 1 unspecified atom stereocenters. The van der Waals surface area contributed by atoms with Gasteiger partial charge in [-0.25, -0.2) is 8.42 Å². The van der Waals surface area contributed by atoms with Crippen LogP contribution in [0.4, 0.5) is 5.69 Å². The van der Waals surface area contributed by atoms with Crippen molar-refractivity contribution in [3.05, 3.63) is 24.0 Å². The lowest BCUT2D eigenvalue weighted by Crippen LogP contribution is -2.35. The normalized spacial score (nSPS) is 22.2. The maximum atomic E-state index is 11.8. The van der Waals surface area contributed by atoms with Crippen LogP contribution in [0.15, 0.2) is 18.5 Å². The van der Waals surface area contributed by atoms with Gasteiger partial charge in [0.25, 0.3) is 5.91 Å². The summed E-state index contributed by atoms with van der Waals surface area (Å²) in [5, 5.41) is 2.67. The summed E-state index contributed by atoms with van der Waals surface area (Å²) in [5.41, 5.74) is 6.21. The molecule has 0 spiro atoms. The lowest BCUT2D eigenvalue weighted by atomic mass is 10.2. The van der Waals surface area contributed by atoms with Gasteiger partial charge in [-0.05, 0) is 12.5 Å². The summed E-state index contributed by atoms with van der Waals surface area (Å²) < 4.78 is 22.5. The molecular formula is C10H13N3O3S. The van der Waals surface area contributed by atoms with Gasteiger partial charge < -0.3 is 11.1 Å². The topological polar surface area (TPSA) is 102 Å². The van der Waals surface area contributed by atoms with Gasteiger partial charge in [0.05, 0.1) is 29.0 Å². The Morgan fingerprint density at radius 2 is 2.29 bits per heavy atom. The molecule has 1 atom stereocenters. The maximum absolute atomic E-state index is 11.8. The van der Waals surface area contributed by atoms with Gasteiger partial charge in [0.1, 0.15) is 0 Å². The van der Waals surface area contributed by atoms with E-state index in [9.17, 15) is 13.2 Å². The van der Waals surface area contributed by atoms with Crippen molar-refractivity contribution in [3.8, 4) is 0 Å². The molecule has 1 aliphatic heterocycles. The summed E-state index contributed by atoms with van der Waals surface area (Å²) in [6.07, 6.45) is 3.32. The number of anilines is 1. The van der Waals surface area contributed by atoms with Crippen molar-refractivity contribution < 1.29 is 13.2 Å². The predicted octanol–water partition coefficient (Wildman–Crippen LogP) is -0.419. The first kappa shape index (κ1) is 11.8. The Morgan fingerprint density at radius 1 is 1.53 bits per heavy atom. The fourth-order valence-electron chi connectivity index (χ4n) is 1.79. The number of nitrogens with one attached hydrogen (secondary N) is 1. The third-order valence-corrected chi connectivity index (χ3v) is 4.43. The first-order chi connectivity index (χ1) is 7.98. The molecular weight excluding hydrogens is 242 g/mol. The van der Waals surface area contributed by atoms with E-state index in [1.807, 2.05) is 0 Å². The molecule has 0 saturated carbocycles. The number of sulfone groups is 1. The van der Waals surface area contributed by atoms with Gasteiger partial charge in [-0.2, -0.15) is 0 Å². The second-order valence-electron chi connectivity index (χ2n) is 4.04. The number of hydrogen-bond acceptors (Lipinski definition) is 5. The molecule has 1 fully saturated rings. The number of nitrogens with zero attached hydrogens (tertiary/aromatic N) is 1. The zero-order valence-corrected chi connectivity index (χ0v) is 9.90. The minimum atomic E-state index is -2.99. The minimum absolute atomic E-state index is 0.00370. The van der Waals surface area contributed by atoms with Crippen LogP contribution in [-0.2, 0) is 9.84 Å². The van der Waals surface area contributed by atoms with Crippen molar-refractivity contribution in [3.63, 3.8) is 0 Å². The van der Waals surface area contributed by atoms with Gasteiger partial charge in [0.15, 0.2) is 9.84 Å². The summed E-state index contributed by atoms with van der Waals surface area (Å²) in [7, 11) is -2.99. The number of aromatic nitrogens is 1. The molecule has 2 rings (SSSR count). The number of carbonyl (C=O) groups excluding carboxylic acids is 1. The SMILES string of the molecule is Nc1cnccc1C(=O)NC1CCS(=O)(=O)C1. The van der Waals surface area contributed by atoms with E-state index in [2.05, 4.69) is 10.3 Å². The molecule has 1 aromatic rings. The van der Waals surface area contributed by atoms with E-state index in [0.717, 1.165) is 0 Å². The van der Waals surface area contributed by atoms with Crippen molar-refractivity contribution in [2.75, 3.05) is 17.2 Å². The Labute approximate surface area is 99.1 Å². The Hall–Kier alpha value is -1.63. The van der Waals surface area contributed by atoms with Gasteiger partial charge in [-0.1, -0.05) is 0 Å². The van der Waals surface area contributed by atoms with Crippen LogP contribution >= 0.6 is 0 Å². The predicted molar refractivity (Wildman–Crippen MR) is 63.2 cm³/mol. The van der Waals surface area contributed by atoms with Crippen LogP contribution in [0.3, 0.4) is 0 Å². The average Bonchev–Trinajstić information content (AvgIpc) is 2.58. The molecule has 17 heavy (non-hydrogen) atoms. The highest BCUT2D eigenvalue weighted by Gasteiger charge is 2.29. The summed E-state index contributed by atoms with van der Waals surface area (Å²) in [6, 6.07) is 1.19. The lowest BCUT2D eigenvalue weighted by molar-refractivity contribution is 0.0942. The van der Waals surface area contributed by atoms with E-state index in [0.29, 0.717) is 12.0 Å². The Kier molecular flexibility index (Phi) is 3.01. The van der Waals surface area contributed by atoms with Gasteiger partial charge in [-0.15, -0.1) is 0 Å². The Morgan fingerprint density at radius 3 is 2.88 bits per heavy atom. The minimum Gasteiger partial charge on any atom is -0.397 e. The summed E-state index contributed by atoms with van der Waals surface area (Å²) in [6.45, 7) is 0. The monoisotopic (exact) mass is 255 g/mol. The highest BCUT2D eigenvalue weighted by molar-refractivity contribution is 7.91. The number of nitrogen functional groups attached to an aromatic ring is 1. The molecule has 1 aliphatic rings. The van der Waals surface area contributed by atoms with Crippen molar-refractivity contribution in [1.82, 2.24) is 10.3 Å². The fraction of sp³-hybridized carbons (Fsp3) is 0.400. The van der Waals surface area contributed by atoms with Gasteiger partial charge in [0.2, 0.25) is 0 Å². The average molecular weight is 255 g/mol. The highest BCUT2D eigenvalue weighted by Crippen LogP contribution is 2.14. The molecule has 0 aromatic carbocycles. The highest BCUT2D eigenvalue weighted by atomic mass is 32.2. The van der Waals surface area contributed by atoms with Gasteiger partial charge in [-0.3, -0.25) is 9.78 Å². The summed E-state index contributed by atoms with van der Waals surface area (Å²) in [4.78, 5) is 15.6. The molecule has 3 N–H and O–H groups in total. The summed E-state index contributed by atoms with van der Waals surface area (Å²) >= 11 is 0. The zero-order chi connectivity index (χ0) is 12.5. The third kappa shape index (κ3) is 2.73. The molecule has 6 nitrogen and oxygen atoms in total. The van der Waals surface area contributed by atoms with Crippen LogP contribution in [0.5, 0.6) is 0 Å². The van der Waals surface area contributed by atoms with Crippen molar-refractivity contribution in [1.29, 1.82) is 0 Å². The first-order valence-corrected chi connectivity index (χ1v) is 7.01. The smallest absolute Gasteiger partial charge is 0.253 e. The molecule has 1 aromatic heterocycles. The van der Waals surface area contributed by atoms with Crippen molar-refractivity contribution in [2.24, 2.45) is 0 Å². The van der Waals surface area contributed by atoms with Gasteiger partial charge >= 0.3 is 0 Å². The van der Waals surface area contributed by atoms with E-state index in [1.165, 1.54) is 18.5 Å². The number of carbonyl (C=O) groups is 1. The van der Waals surface area contributed by atoms with Crippen molar-refractivity contribution in [2.45, 2.75) is 12.5 Å². The van der Waals surface area contributed by atoms with Crippen LogP contribution in [0.2, 0.25) is 0 Å². The molecule has 0 aliphatic carbocycles. The molecule has 0 radical (unpaired) electrons. The van der Waals surface area contributed by atoms with Crippen LogP contribution in [0.1, 0.15) is 16.8 Å². The van der Waals surface area contributed by atoms with E-state index in [-0.39, 0.29) is 29.1 Å². The second kappa shape index (κ2) is 4.33. The van der Waals surface area contributed by atoms with E-state index >= 15 is 0 Å². The van der Waals surface area contributed by atoms with Crippen LogP contribution in [-0.4, -0.2) is 36.9 Å². The molecule has 2 heterocycles. The van der Waals surface area contributed by atoms with Crippen LogP contribution in [0, 0.1) is 0 Å². The van der Waals surface area contributed by atoms with E-state index in [4.69, 9.17) is 5.73 Å². The molecule has 0 bridgehead atoms. The summed E-state index contributed by atoms with van der Waals surface area (Å²) in [5.74, 6) is -0.222. The number of nitrogens with two attached hydrogens (primary N) is 1. The number of hydrogen-bond donors (Lipinski definition) is 2. The zero-order valence-electron chi connectivity index (χ0n) is 9.09. The molecule has 1 saturated heterocycles. The quantitative estimate of drug-likeness (QED) is 0.747. The molecule has 1 amide bonds. The number of rotatable bonds is 2. The fourth-order valence-corrected chi connectivity index (χ4v) is 3.46. The van der Waals surface area contributed by atoms with Crippen LogP contribution < -0.4 is 11.1 Å². The molecule has 92 valence electrons. The first-order valence-electron chi connectivity index (χ1n) is 5.19. The second-order valence-corrected chi connectivity index (χ2v) is 6.27. The number of pyridine rings is 1. The standard InChI is InChI=1S/C10H13N3O3S/c11-9-5-12-3-1-8(9)10(14)13-7-2-4-17(15,16)6-7/h1,3,5,7H,2,4,6,11H2,(H,13,14). The van der Waals surface area contributed by atoms with E-state index in [1.54, 1.807) is 0 Å². The largest absolute Gasteiger partial charge is 0.397 e. The van der Waals surface area contributed by atoms with E-state index < -0.39 is 9.84 Å². The number of amides is 1. The maximum Gasteiger partial charge on any atom is 0.253 e. The van der Waals surface area contributed by atoms with Crippen molar-refractivity contribution >= 4 is 21.4 Å². The Bertz CT molecular complexity index is 541. The van der Waals surface area contributed by atoms with Crippen LogP contribution in [0.25, 0.3) is 0 Å². The molecule has 7 heteroatoms. The Balaban J connectivity index is 2.06. The third-order valence-electron chi connectivity index (χ3n) is 2.66. The lowest BCUT2D eigenvalue weighted by Gasteiger charge is -2.11.